The van der Waals surface area contributed by atoms with Crippen LogP contribution in [-0.4, -0.2) is 33.9 Å². The van der Waals surface area contributed by atoms with E-state index in [9.17, 15) is 4.39 Å². The molecule has 1 aliphatic heterocycles. The maximum Gasteiger partial charge on any atom is 0.136 e. The van der Waals surface area contributed by atoms with Gasteiger partial charge in [-0.3, -0.25) is 4.90 Å². The Morgan fingerprint density at radius 2 is 2.16 bits per heavy atom. The van der Waals surface area contributed by atoms with Crippen molar-refractivity contribution >= 4 is 18.1 Å². The zero-order valence-corrected chi connectivity index (χ0v) is 15.0. The van der Waals surface area contributed by atoms with Crippen LogP contribution in [0.3, 0.4) is 0 Å². The van der Waals surface area contributed by atoms with Gasteiger partial charge in [0.1, 0.15) is 11.5 Å². The number of piperazine rings is 1. The van der Waals surface area contributed by atoms with Gasteiger partial charge in [0, 0.05) is 38.4 Å². The van der Waals surface area contributed by atoms with Crippen LogP contribution in [0.15, 0.2) is 48.8 Å². The number of imidazole rings is 1. The lowest BCUT2D eigenvalue weighted by Gasteiger charge is -2.36. The molecule has 1 unspecified atom stereocenters. The Morgan fingerprint density at radius 1 is 1.28 bits per heavy atom. The minimum Gasteiger partial charge on any atom is -0.314 e. The first-order chi connectivity index (χ1) is 11.7. The summed E-state index contributed by atoms with van der Waals surface area (Å²) in [6.45, 7) is 5.60. The van der Waals surface area contributed by atoms with Crippen LogP contribution in [0.1, 0.15) is 22.9 Å². The third-order valence-electron chi connectivity index (χ3n) is 4.68. The fraction of sp³-hybridized carbons (Fsp3) is 0.316. The molecule has 1 saturated heterocycles. The first-order valence-electron chi connectivity index (χ1n) is 8.33. The van der Waals surface area contributed by atoms with Crippen molar-refractivity contribution in [1.82, 2.24) is 19.6 Å². The summed E-state index contributed by atoms with van der Waals surface area (Å²) in [5.74, 6) is -0.177. The summed E-state index contributed by atoms with van der Waals surface area (Å²) < 4.78 is 15.8. The Morgan fingerprint density at radius 3 is 3.00 bits per heavy atom. The van der Waals surface area contributed by atoms with Crippen molar-refractivity contribution in [3.05, 3.63) is 71.4 Å². The predicted octanol–water partition coefficient (Wildman–Crippen LogP) is 3.35. The number of pyridine rings is 1. The number of aryl methyl sites for hydroxylation is 1. The summed E-state index contributed by atoms with van der Waals surface area (Å²) in [4.78, 5) is 6.90. The second-order valence-corrected chi connectivity index (χ2v) is 6.43. The Kier molecular flexibility index (Phi) is 5.37. The molecule has 1 N–H and O–H groups in total. The second-order valence-electron chi connectivity index (χ2n) is 6.43. The van der Waals surface area contributed by atoms with Crippen LogP contribution in [0.5, 0.6) is 0 Å². The zero-order chi connectivity index (χ0) is 16.5. The molecule has 0 saturated carbocycles. The maximum absolute atomic E-state index is 13.6. The van der Waals surface area contributed by atoms with Gasteiger partial charge in [-0.05, 0) is 36.2 Å². The monoisotopic (exact) mass is 360 g/mol. The smallest absolute Gasteiger partial charge is 0.136 e. The summed E-state index contributed by atoms with van der Waals surface area (Å²) >= 11 is 0. The number of benzene rings is 1. The fourth-order valence-corrected chi connectivity index (χ4v) is 3.44. The van der Waals surface area contributed by atoms with Crippen molar-refractivity contribution in [1.29, 1.82) is 0 Å². The molecule has 2 aromatic heterocycles. The summed E-state index contributed by atoms with van der Waals surface area (Å²) in [5, 5.41) is 3.42. The summed E-state index contributed by atoms with van der Waals surface area (Å²) in [6.07, 6.45) is 4.07. The third-order valence-corrected chi connectivity index (χ3v) is 4.68. The van der Waals surface area contributed by atoms with Gasteiger partial charge in [0.15, 0.2) is 0 Å². The van der Waals surface area contributed by atoms with Gasteiger partial charge in [-0.1, -0.05) is 18.2 Å². The molecule has 4 rings (SSSR count). The molecule has 0 amide bonds. The van der Waals surface area contributed by atoms with Gasteiger partial charge in [0.25, 0.3) is 0 Å². The molecule has 6 heteroatoms. The number of rotatable bonds is 3. The van der Waals surface area contributed by atoms with Crippen LogP contribution >= 0.6 is 12.4 Å². The molecular weight excluding hydrogens is 339 g/mol. The molecule has 3 aromatic rings. The van der Waals surface area contributed by atoms with E-state index >= 15 is 0 Å². The minimum absolute atomic E-state index is 0. The van der Waals surface area contributed by atoms with Crippen LogP contribution in [0.2, 0.25) is 0 Å². The predicted molar refractivity (Wildman–Crippen MR) is 99.6 cm³/mol. The van der Waals surface area contributed by atoms with Crippen LogP contribution in [0, 0.1) is 12.7 Å². The van der Waals surface area contributed by atoms with Crippen molar-refractivity contribution in [2.75, 3.05) is 19.6 Å². The minimum atomic E-state index is -0.177. The number of nitrogens with one attached hydrogen (secondary N) is 1. The van der Waals surface area contributed by atoms with E-state index in [1.165, 1.54) is 11.6 Å². The number of hydrogen-bond donors (Lipinski definition) is 1. The topological polar surface area (TPSA) is 32.6 Å². The third kappa shape index (κ3) is 3.68. The standard InChI is InChI=1S/C19H21FN4.ClH/c1-14-5-6-19-22-10-17(24(19)12-14)13-23-8-7-21-11-18(23)15-3-2-4-16(20)9-15;/h2-6,9-10,12,18,21H,7-8,11,13H2,1H3;1H. The molecular formula is C19H22ClFN4. The zero-order valence-electron chi connectivity index (χ0n) is 14.2. The van der Waals surface area contributed by atoms with E-state index in [4.69, 9.17) is 0 Å². The number of hydrogen-bond acceptors (Lipinski definition) is 3. The van der Waals surface area contributed by atoms with E-state index in [-0.39, 0.29) is 24.3 Å². The number of nitrogens with zero attached hydrogens (tertiary/aromatic N) is 3. The quantitative estimate of drug-likeness (QED) is 0.777. The Bertz CT molecular complexity index is 864. The number of aromatic nitrogens is 2. The van der Waals surface area contributed by atoms with Gasteiger partial charge < -0.3 is 9.72 Å². The molecule has 4 nitrogen and oxygen atoms in total. The average molecular weight is 361 g/mol. The lowest BCUT2D eigenvalue weighted by atomic mass is 10.0. The normalized spacial score (nSPS) is 18.2. The average Bonchev–Trinajstić information content (AvgIpc) is 2.97. The first-order valence-corrected chi connectivity index (χ1v) is 8.33. The Labute approximate surface area is 153 Å². The van der Waals surface area contributed by atoms with Crippen molar-refractivity contribution in [2.24, 2.45) is 0 Å². The molecule has 0 radical (unpaired) electrons. The molecule has 1 aromatic carbocycles. The van der Waals surface area contributed by atoms with Gasteiger partial charge in [-0.15, -0.1) is 12.4 Å². The van der Waals surface area contributed by atoms with E-state index in [1.54, 1.807) is 12.1 Å². The molecule has 1 atom stereocenters. The maximum atomic E-state index is 13.6. The summed E-state index contributed by atoms with van der Waals surface area (Å²) in [6, 6.07) is 11.2. The van der Waals surface area contributed by atoms with Gasteiger partial charge in [0.2, 0.25) is 0 Å². The second kappa shape index (κ2) is 7.52. The van der Waals surface area contributed by atoms with Crippen LogP contribution in [0.25, 0.3) is 5.65 Å². The van der Waals surface area contributed by atoms with Crippen molar-refractivity contribution < 1.29 is 4.39 Å². The van der Waals surface area contributed by atoms with Gasteiger partial charge in [-0.25, -0.2) is 9.37 Å². The van der Waals surface area contributed by atoms with E-state index in [0.717, 1.165) is 43.1 Å². The molecule has 25 heavy (non-hydrogen) atoms. The van der Waals surface area contributed by atoms with Crippen LogP contribution in [0.4, 0.5) is 4.39 Å². The molecule has 132 valence electrons. The largest absolute Gasteiger partial charge is 0.314 e. The van der Waals surface area contributed by atoms with Crippen LogP contribution in [-0.2, 0) is 6.54 Å². The van der Waals surface area contributed by atoms with Crippen molar-refractivity contribution in [2.45, 2.75) is 19.5 Å². The molecule has 0 spiro atoms. The Hall–Kier alpha value is -1.95. The van der Waals surface area contributed by atoms with Gasteiger partial charge in [0.05, 0.1) is 11.9 Å². The first kappa shape index (κ1) is 17.9. The van der Waals surface area contributed by atoms with Gasteiger partial charge in [-0.2, -0.15) is 0 Å². The fourth-order valence-electron chi connectivity index (χ4n) is 3.44. The number of halogens is 2. The van der Waals surface area contributed by atoms with Crippen molar-refractivity contribution in [3.63, 3.8) is 0 Å². The van der Waals surface area contributed by atoms with Gasteiger partial charge >= 0.3 is 0 Å². The van der Waals surface area contributed by atoms with Crippen LogP contribution < -0.4 is 5.32 Å². The highest BCUT2D eigenvalue weighted by Crippen LogP contribution is 2.25. The summed E-state index contributed by atoms with van der Waals surface area (Å²) in [7, 11) is 0. The lowest BCUT2D eigenvalue weighted by Crippen LogP contribution is -2.45. The SMILES string of the molecule is Cc1ccc2ncc(CN3CCNCC3c3cccc(F)c3)n2c1.Cl. The molecule has 0 bridgehead atoms. The molecule has 1 aliphatic rings. The highest BCUT2D eigenvalue weighted by atomic mass is 35.5. The number of fused-ring (bicyclic) bond motifs is 1. The molecule has 1 fully saturated rings. The van der Waals surface area contributed by atoms with E-state index < -0.39 is 0 Å². The Balaban J connectivity index is 0.00000182. The van der Waals surface area contributed by atoms with Crippen molar-refractivity contribution in [3.8, 4) is 0 Å². The van der Waals surface area contributed by atoms with E-state index in [1.807, 2.05) is 18.3 Å². The van der Waals surface area contributed by atoms with E-state index in [2.05, 4.69) is 38.8 Å². The van der Waals surface area contributed by atoms with E-state index in [0.29, 0.717) is 0 Å². The summed E-state index contributed by atoms with van der Waals surface area (Å²) in [5.41, 5.74) is 4.36. The molecule has 3 heterocycles. The highest BCUT2D eigenvalue weighted by molar-refractivity contribution is 5.85. The lowest BCUT2D eigenvalue weighted by molar-refractivity contribution is 0.151. The highest BCUT2D eigenvalue weighted by Gasteiger charge is 2.25. The molecule has 0 aliphatic carbocycles.